The summed E-state index contributed by atoms with van der Waals surface area (Å²) in [5.74, 6) is 1.12. The third-order valence-electron chi connectivity index (χ3n) is 1.92. The second kappa shape index (κ2) is 5.81. The molecule has 2 atom stereocenters. The van der Waals surface area contributed by atoms with Crippen molar-refractivity contribution in [3.05, 3.63) is 0 Å². The van der Waals surface area contributed by atoms with E-state index in [4.69, 9.17) is 0 Å². The smallest absolute Gasteiger partial charge is 0.157 e. The van der Waals surface area contributed by atoms with Crippen LogP contribution in [0.4, 0.5) is 0 Å². The van der Waals surface area contributed by atoms with Crippen LogP contribution in [0.3, 0.4) is 0 Å². The monoisotopic (exact) mass is 218 g/mol. The molecule has 0 spiro atoms. The van der Waals surface area contributed by atoms with Gasteiger partial charge in [0.1, 0.15) is 0 Å². The van der Waals surface area contributed by atoms with E-state index in [1.807, 2.05) is 23.5 Å². The van der Waals surface area contributed by atoms with Crippen molar-refractivity contribution in [3.8, 4) is 0 Å². The average molecular weight is 218 g/mol. The normalized spacial score (nSPS) is 31.8. The first-order chi connectivity index (χ1) is 6.22. The molecule has 0 radical (unpaired) electrons. The van der Waals surface area contributed by atoms with E-state index < -0.39 is 0 Å². The molecule has 0 aromatic rings. The summed E-state index contributed by atoms with van der Waals surface area (Å²) in [5.41, 5.74) is 0. The molecule has 1 saturated heterocycles. The predicted molar refractivity (Wildman–Crippen MR) is 65.0 cm³/mol. The van der Waals surface area contributed by atoms with Crippen LogP contribution in [0.15, 0.2) is 4.99 Å². The van der Waals surface area contributed by atoms with Crippen LogP contribution < -0.4 is 5.32 Å². The maximum Gasteiger partial charge on any atom is 0.157 e. The van der Waals surface area contributed by atoms with E-state index in [2.05, 4.69) is 30.4 Å². The highest BCUT2D eigenvalue weighted by Crippen LogP contribution is 2.22. The Kier molecular flexibility index (Phi) is 5.02. The van der Waals surface area contributed by atoms with Gasteiger partial charge in [-0.2, -0.15) is 11.8 Å². The van der Waals surface area contributed by atoms with Crippen LogP contribution in [0.25, 0.3) is 0 Å². The number of hydrogen-bond acceptors (Lipinski definition) is 3. The van der Waals surface area contributed by atoms with Crippen molar-refractivity contribution in [2.45, 2.75) is 31.6 Å². The van der Waals surface area contributed by atoms with E-state index in [9.17, 15) is 0 Å². The Morgan fingerprint density at radius 2 is 2.38 bits per heavy atom. The zero-order valence-corrected chi connectivity index (χ0v) is 10.2. The van der Waals surface area contributed by atoms with Gasteiger partial charge < -0.3 is 5.32 Å². The molecule has 0 aromatic heterocycles. The van der Waals surface area contributed by atoms with Gasteiger partial charge in [0.15, 0.2) is 5.17 Å². The van der Waals surface area contributed by atoms with Gasteiger partial charge >= 0.3 is 0 Å². The summed E-state index contributed by atoms with van der Waals surface area (Å²) in [6.45, 7) is 5.43. The SMILES string of the molecule is CSCCN=C1NC(C)CC(C)S1. The first-order valence-electron chi connectivity index (χ1n) is 4.69. The highest BCUT2D eigenvalue weighted by Gasteiger charge is 2.19. The third-order valence-corrected chi connectivity index (χ3v) is 3.57. The van der Waals surface area contributed by atoms with E-state index in [1.165, 1.54) is 6.42 Å². The fraction of sp³-hybridized carbons (Fsp3) is 0.889. The lowest BCUT2D eigenvalue weighted by Gasteiger charge is -2.26. The van der Waals surface area contributed by atoms with Crippen LogP contribution in [0, 0.1) is 0 Å². The largest absolute Gasteiger partial charge is 0.362 e. The van der Waals surface area contributed by atoms with Crippen molar-refractivity contribution in [1.29, 1.82) is 0 Å². The van der Waals surface area contributed by atoms with Crippen LogP contribution in [-0.2, 0) is 0 Å². The third kappa shape index (κ3) is 4.27. The van der Waals surface area contributed by atoms with Crippen LogP contribution in [0.5, 0.6) is 0 Å². The van der Waals surface area contributed by atoms with Crippen molar-refractivity contribution >= 4 is 28.7 Å². The molecule has 1 aliphatic heterocycles. The van der Waals surface area contributed by atoms with Gasteiger partial charge in [-0.1, -0.05) is 18.7 Å². The number of aliphatic imine (C=N–C) groups is 1. The Hall–Kier alpha value is 0.170. The summed E-state index contributed by atoms with van der Waals surface area (Å²) in [6, 6.07) is 0.587. The first kappa shape index (κ1) is 11.2. The second-order valence-electron chi connectivity index (χ2n) is 3.39. The van der Waals surface area contributed by atoms with E-state index in [1.54, 1.807) is 0 Å². The van der Waals surface area contributed by atoms with Gasteiger partial charge in [0.25, 0.3) is 0 Å². The zero-order valence-electron chi connectivity index (χ0n) is 8.54. The summed E-state index contributed by atoms with van der Waals surface area (Å²) in [6.07, 6.45) is 3.36. The molecular formula is C9H18N2S2. The van der Waals surface area contributed by atoms with E-state index in [-0.39, 0.29) is 0 Å². The molecule has 0 aliphatic carbocycles. The molecule has 1 heterocycles. The standard InChI is InChI=1S/C9H18N2S2/c1-7-6-8(2)13-9(11-7)10-4-5-12-3/h7-8H,4-6H2,1-3H3,(H,10,11). The Labute approximate surface area is 89.3 Å². The van der Waals surface area contributed by atoms with Crippen molar-refractivity contribution in [3.63, 3.8) is 0 Å². The number of nitrogens with one attached hydrogen (secondary N) is 1. The molecule has 1 N–H and O–H groups in total. The number of rotatable bonds is 3. The summed E-state index contributed by atoms with van der Waals surface area (Å²) < 4.78 is 0. The van der Waals surface area contributed by atoms with E-state index in [0.29, 0.717) is 11.3 Å². The summed E-state index contributed by atoms with van der Waals surface area (Å²) in [7, 11) is 0. The zero-order chi connectivity index (χ0) is 9.68. The van der Waals surface area contributed by atoms with Crippen molar-refractivity contribution < 1.29 is 0 Å². The quantitative estimate of drug-likeness (QED) is 0.735. The first-order valence-corrected chi connectivity index (χ1v) is 6.96. The molecule has 0 aromatic carbocycles. The Bertz CT molecular complexity index is 170. The summed E-state index contributed by atoms with van der Waals surface area (Å²) in [5, 5.41) is 5.26. The minimum absolute atomic E-state index is 0.587. The molecule has 1 aliphatic rings. The second-order valence-corrected chi connectivity index (χ2v) is 5.80. The molecule has 1 fully saturated rings. The summed E-state index contributed by atoms with van der Waals surface area (Å²) in [4.78, 5) is 4.52. The lowest BCUT2D eigenvalue weighted by Crippen LogP contribution is -2.38. The Morgan fingerprint density at radius 3 is 3.00 bits per heavy atom. The Morgan fingerprint density at radius 1 is 1.62 bits per heavy atom. The number of hydrogen-bond donors (Lipinski definition) is 1. The van der Waals surface area contributed by atoms with Gasteiger partial charge in [-0.05, 0) is 19.6 Å². The Balaban J connectivity index is 2.35. The van der Waals surface area contributed by atoms with Gasteiger partial charge in [-0.15, -0.1) is 0 Å². The van der Waals surface area contributed by atoms with Crippen LogP contribution in [0.2, 0.25) is 0 Å². The van der Waals surface area contributed by atoms with Gasteiger partial charge in [-0.25, -0.2) is 0 Å². The molecule has 13 heavy (non-hydrogen) atoms. The van der Waals surface area contributed by atoms with Crippen LogP contribution in [-0.4, -0.2) is 35.0 Å². The fourth-order valence-corrected chi connectivity index (χ4v) is 2.84. The van der Waals surface area contributed by atoms with Crippen molar-refractivity contribution in [1.82, 2.24) is 5.32 Å². The maximum absolute atomic E-state index is 4.52. The van der Waals surface area contributed by atoms with Gasteiger partial charge in [0.05, 0.1) is 6.54 Å². The van der Waals surface area contributed by atoms with Crippen molar-refractivity contribution in [2.24, 2.45) is 4.99 Å². The highest BCUT2D eigenvalue weighted by molar-refractivity contribution is 8.14. The highest BCUT2D eigenvalue weighted by atomic mass is 32.2. The molecule has 2 unspecified atom stereocenters. The fourth-order valence-electron chi connectivity index (χ4n) is 1.36. The molecule has 2 nitrogen and oxygen atoms in total. The molecular weight excluding hydrogens is 200 g/mol. The molecule has 0 saturated carbocycles. The number of thioether (sulfide) groups is 2. The van der Waals surface area contributed by atoms with Gasteiger partial charge in [0.2, 0.25) is 0 Å². The molecule has 4 heteroatoms. The lowest BCUT2D eigenvalue weighted by atomic mass is 10.2. The lowest BCUT2D eigenvalue weighted by molar-refractivity contribution is 0.598. The number of amidine groups is 1. The minimum Gasteiger partial charge on any atom is -0.362 e. The molecule has 1 rings (SSSR count). The van der Waals surface area contributed by atoms with Crippen LogP contribution in [0.1, 0.15) is 20.3 Å². The molecule has 76 valence electrons. The number of nitrogens with zero attached hydrogens (tertiary/aromatic N) is 1. The predicted octanol–water partition coefficient (Wildman–Crippen LogP) is 2.21. The molecule has 0 bridgehead atoms. The van der Waals surface area contributed by atoms with Crippen LogP contribution >= 0.6 is 23.5 Å². The van der Waals surface area contributed by atoms with Gasteiger partial charge in [0, 0.05) is 17.0 Å². The summed E-state index contributed by atoms with van der Waals surface area (Å²) >= 11 is 3.72. The topological polar surface area (TPSA) is 24.4 Å². The van der Waals surface area contributed by atoms with E-state index >= 15 is 0 Å². The molecule has 0 amide bonds. The van der Waals surface area contributed by atoms with Gasteiger partial charge in [-0.3, -0.25) is 4.99 Å². The van der Waals surface area contributed by atoms with Crippen molar-refractivity contribution in [2.75, 3.05) is 18.6 Å². The van der Waals surface area contributed by atoms with E-state index in [0.717, 1.165) is 17.5 Å². The maximum atomic E-state index is 4.52. The minimum atomic E-state index is 0.587. The average Bonchev–Trinajstić information content (AvgIpc) is 2.03.